The van der Waals surface area contributed by atoms with Crippen LogP contribution in [-0.4, -0.2) is 48.7 Å². The maximum absolute atomic E-state index is 12.9. The SMILES string of the molecule is Nc1ccc(-c2cccs2)cc1CC(=O)N1CCN(Cc2ccc3c(c2)OCO3)CC1. The Morgan fingerprint density at radius 1 is 1.00 bits per heavy atom. The molecule has 0 radical (unpaired) electrons. The quantitative estimate of drug-likeness (QED) is 0.620. The molecule has 3 heterocycles. The molecule has 2 aromatic carbocycles. The number of amides is 1. The number of anilines is 1. The molecule has 5 rings (SSSR count). The molecule has 0 saturated carbocycles. The largest absolute Gasteiger partial charge is 0.454 e. The van der Waals surface area contributed by atoms with Gasteiger partial charge >= 0.3 is 0 Å². The van der Waals surface area contributed by atoms with Gasteiger partial charge in [0.25, 0.3) is 0 Å². The lowest BCUT2D eigenvalue weighted by Gasteiger charge is -2.35. The van der Waals surface area contributed by atoms with Gasteiger partial charge in [-0.2, -0.15) is 0 Å². The fourth-order valence-electron chi connectivity index (χ4n) is 4.08. The number of carbonyl (C=O) groups is 1. The lowest BCUT2D eigenvalue weighted by Crippen LogP contribution is -2.48. The Labute approximate surface area is 185 Å². The number of nitrogens with zero attached hydrogens (tertiary/aromatic N) is 2. The summed E-state index contributed by atoms with van der Waals surface area (Å²) in [7, 11) is 0. The van der Waals surface area contributed by atoms with Crippen molar-refractivity contribution in [2.24, 2.45) is 0 Å². The topological polar surface area (TPSA) is 68.0 Å². The van der Waals surface area contributed by atoms with E-state index in [1.54, 1.807) is 11.3 Å². The van der Waals surface area contributed by atoms with Crippen molar-refractivity contribution in [3.63, 3.8) is 0 Å². The zero-order valence-electron chi connectivity index (χ0n) is 17.3. The van der Waals surface area contributed by atoms with Crippen LogP contribution in [0.3, 0.4) is 0 Å². The molecular formula is C24H25N3O3S. The van der Waals surface area contributed by atoms with Crippen molar-refractivity contribution in [1.82, 2.24) is 9.80 Å². The van der Waals surface area contributed by atoms with Crippen LogP contribution in [0.4, 0.5) is 5.69 Å². The second-order valence-corrected chi connectivity index (χ2v) is 8.86. The molecule has 2 aliphatic rings. The number of benzene rings is 2. The van der Waals surface area contributed by atoms with Crippen molar-refractivity contribution in [1.29, 1.82) is 0 Å². The van der Waals surface area contributed by atoms with Crippen LogP contribution in [0.15, 0.2) is 53.9 Å². The van der Waals surface area contributed by atoms with Crippen LogP contribution in [0, 0.1) is 0 Å². The summed E-state index contributed by atoms with van der Waals surface area (Å²) in [5.41, 5.74) is 10.1. The number of rotatable bonds is 5. The third-order valence-electron chi connectivity index (χ3n) is 5.86. The Bertz CT molecular complexity index is 1080. The predicted octanol–water partition coefficient (Wildman–Crippen LogP) is 3.61. The van der Waals surface area contributed by atoms with Gasteiger partial charge < -0.3 is 20.1 Å². The van der Waals surface area contributed by atoms with Gasteiger partial charge in [-0.1, -0.05) is 18.2 Å². The second-order valence-electron chi connectivity index (χ2n) is 7.91. The minimum atomic E-state index is 0.137. The van der Waals surface area contributed by atoms with Crippen LogP contribution in [-0.2, 0) is 17.8 Å². The molecule has 1 fully saturated rings. The number of hydrogen-bond acceptors (Lipinski definition) is 6. The number of nitrogen functional groups attached to an aromatic ring is 1. The first-order valence-electron chi connectivity index (χ1n) is 10.5. The lowest BCUT2D eigenvalue weighted by atomic mass is 10.0. The zero-order valence-corrected chi connectivity index (χ0v) is 18.1. The van der Waals surface area contributed by atoms with Gasteiger partial charge in [0, 0.05) is 43.3 Å². The average Bonchev–Trinajstić information content (AvgIpc) is 3.47. The van der Waals surface area contributed by atoms with Crippen molar-refractivity contribution in [3.05, 3.63) is 65.0 Å². The molecular weight excluding hydrogens is 410 g/mol. The third-order valence-corrected chi connectivity index (χ3v) is 6.78. The van der Waals surface area contributed by atoms with E-state index in [4.69, 9.17) is 15.2 Å². The highest BCUT2D eigenvalue weighted by Crippen LogP contribution is 2.33. The summed E-state index contributed by atoms with van der Waals surface area (Å²) in [6, 6.07) is 16.2. The smallest absolute Gasteiger partial charge is 0.231 e. The highest BCUT2D eigenvalue weighted by molar-refractivity contribution is 7.13. The van der Waals surface area contributed by atoms with Crippen LogP contribution in [0.2, 0.25) is 0 Å². The van der Waals surface area contributed by atoms with Crippen LogP contribution in [0.1, 0.15) is 11.1 Å². The maximum Gasteiger partial charge on any atom is 0.231 e. The molecule has 6 nitrogen and oxygen atoms in total. The number of piperazine rings is 1. The molecule has 3 aromatic rings. The predicted molar refractivity (Wildman–Crippen MR) is 122 cm³/mol. The zero-order chi connectivity index (χ0) is 21.2. The number of thiophene rings is 1. The Hall–Kier alpha value is -3.03. The maximum atomic E-state index is 12.9. The highest BCUT2D eigenvalue weighted by atomic mass is 32.1. The summed E-state index contributed by atoms with van der Waals surface area (Å²) in [6.45, 7) is 4.30. The van der Waals surface area contributed by atoms with E-state index in [0.29, 0.717) is 18.9 Å². The van der Waals surface area contributed by atoms with Gasteiger partial charge in [-0.25, -0.2) is 0 Å². The van der Waals surface area contributed by atoms with Crippen molar-refractivity contribution < 1.29 is 14.3 Å². The molecule has 0 bridgehead atoms. The first-order chi connectivity index (χ1) is 15.2. The molecule has 0 atom stereocenters. The van der Waals surface area contributed by atoms with Crippen molar-refractivity contribution in [2.45, 2.75) is 13.0 Å². The standard InChI is InChI=1S/C24H25N3O3S/c25-20-5-4-18(23-2-1-11-31-23)13-19(20)14-24(28)27-9-7-26(8-10-27)15-17-3-6-21-22(12-17)30-16-29-21/h1-6,11-13H,7-10,14-16,25H2. The van der Waals surface area contributed by atoms with E-state index in [0.717, 1.165) is 55.3 Å². The van der Waals surface area contributed by atoms with Gasteiger partial charge in [0.1, 0.15) is 0 Å². The lowest BCUT2D eigenvalue weighted by molar-refractivity contribution is -0.132. The Morgan fingerprint density at radius 3 is 2.65 bits per heavy atom. The van der Waals surface area contributed by atoms with E-state index in [1.165, 1.54) is 10.4 Å². The van der Waals surface area contributed by atoms with E-state index >= 15 is 0 Å². The molecule has 0 spiro atoms. The molecule has 0 aliphatic carbocycles. The summed E-state index contributed by atoms with van der Waals surface area (Å²) in [4.78, 5) is 18.4. The van der Waals surface area contributed by atoms with Gasteiger partial charge in [-0.15, -0.1) is 11.3 Å². The van der Waals surface area contributed by atoms with Gasteiger partial charge in [0.05, 0.1) is 6.42 Å². The minimum Gasteiger partial charge on any atom is -0.454 e. The van der Waals surface area contributed by atoms with Crippen LogP contribution >= 0.6 is 11.3 Å². The van der Waals surface area contributed by atoms with E-state index in [9.17, 15) is 4.79 Å². The first kappa shape index (κ1) is 19.9. The number of ether oxygens (including phenoxy) is 2. The van der Waals surface area contributed by atoms with Crippen LogP contribution in [0.5, 0.6) is 11.5 Å². The normalized spacial score (nSPS) is 15.9. The van der Waals surface area contributed by atoms with Gasteiger partial charge in [0.15, 0.2) is 11.5 Å². The Balaban J connectivity index is 1.17. The molecule has 2 aliphatic heterocycles. The number of nitrogens with two attached hydrogens (primary N) is 1. The Morgan fingerprint density at radius 2 is 1.84 bits per heavy atom. The van der Waals surface area contributed by atoms with E-state index in [1.807, 2.05) is 35.2 Å². The Kier molecular flexibility index (Phi) is 5.53. The minimum absolute atomic E-state index is 0.137. The summed E-state index contributed by atoms with van der Waals surface area (Å²) in [5.74, 6) is 1.76. The van der Waals surface area contributed by atoms with E-state index in [-0.39, 0.29) is 5.91 Å². The van der Waals surface area contributed by atoms with Gasteiger partial charge in [-0.3, -0.25) is 9.69 Å². The van der Waals surface area contributed by atoms with Crippen molar-refractivity contribution >= 4 is 22.9 Å². The van der Waals surface area contributed by atoms with Crippen molar-refractivity contribution in [3.8, 4) is 21.9 Å². The summed E-state index contributed by atoms with van der Waals surface area (Å²) in [6.07, 6.45) is 0.340. The molecule has 31 heavy (non-hydrogen) atoms. The summed E-state index contributed by atoms with van der Waals surface area (Å²) < 4.78 is 10.9. The fraction of sp³-hybridized carbons (Fsp3) is 0.292. The molecule has 2 N–H and O–H groups in total. The van der Waals surface area contributed by atoms with E-state index < -0.39 is 0 Å². The van der Waals surface area contributed by atoms with Crippen LogP contribution < -0.4 is 15.2 Å². The molecule has 160 valence electrons. The summed E-state index contributed by atoms with van der Waals surface area (Å²) >= 11 is 1.69. The number of hydrogen-bond donors (Lipinski definition) is 1. The highest BCUT2D eigenvalue weighted by Gasteiger charge is 2.23. The van der Waals surface area contributed by atoms with Gasteiger partial charge in [0.2, 0.25) is 12.7 Å². The molecule has 7 heteroatoms. The third kappa shape index (κ3) is 4.38. The molecule has 1 saturated heterocycles. The van der Waals surface area contributed by atoms with Crippen molar-refractivity contribution in [2.75, 3.05) is 38.7 Å². The number of carbonyl (C=O) groups excluding carboxylic acids is 1. The molecule has 0 unspecified atom stereocenters. The monoisotopic (exact) mass is 435 g/mol. The first-order valence-corrected chi connectivity index (χ1v) is 11.3. The van der Waals surface area contributed by atoms with Crippen LogP contribution in [0.25, 0.3) is 10.4 Å². The number of fused-ring (bicyclic) bond motifs is 1. The van der Waals surface area contributed by atoms with E-state index in [2.05, 4.69) is 28.5 Å². The fourth-order valence-corrected chi connectivity index (χ4v) is 4.81. The second kappa shape index (κ2) is 8.61. The van der Waals surface area contributed by atoms with Gasteiger partial charge in [-0.05, 0) is 52.4 Å². The molecule has 1 amide bonds. The summed E-state index contributed by atoms with van der Waals surface area (Å²) in [5, 5.41) is 2.06. The molecule has 1 aromatic heterocycles. The average molecular weight is 436 g/mol.